The summed E-state index contributed by atoms with van der Waals surface area (Å²) in [5.74, 6) is 0.856. The third kappa shape index (κ3) is 2.60. The van der Waals surface area contributed by atoms with Gasteiger partial charge in [-0.3, -0.25) is 4.79 Å². The van der Waals surface area contributed by atoms with E-state index in [9.17, 15) is 9.59 Å². The molecule has 0 atom stereocenters. The zero-order valence-corrected chi connectivity index (χ0v) is 9.01. The van der Waals surface area contributed by atoms with Crippen LogP contribution in [0.25, 0.3) is 0 Å². The molecule has 0 spiro atoms. The summed E-state index contributed by atoms with van der Waals surface area (Å²) in [5, 5.41) is 2.67. The fraction of sp³-hybridized carbons (Fsp3) is 0.800. The Kier molecular flexibility index (Phi) is 4.17. The van der Waals surface area contributed by atoms with Crippen LogP contribution in [0.1, 0.15) is 25.7 Å². The van der Waals surface area contributed by atoms with Gasteiger partial charge in [0.05, 0.1) is 0 Å². The monoisotopic (exact) mass is 195 g/mol. The second-order valence-corrected chi connectivity index (χ2v) is 3.98. The molecule has 0 unspecified atom stereocenters. The van der Waals surface area contributed by atoms with Crippen molar-refractivity contribution in [2.24, 2.45) is 11.8 Å². The maximum absolute atomic E-state index is 11.4. The van der Waals surface area contributed by atoms with Crippen LogP contribution >= 0.6 is 0 Å². The van der Waals surface area contributed by atoms with Crippen LogP contribution in [0.2, 0.25) is 6.32 Å². The van der Waals surface area contributed by atoms with Crippen LogP contribution in [0, 0.1) is 11.8 Å². The minimum absolute atomic E-state index is 0.132. The van der Waals surface area contributed by atoms with Crippen molar-refractivity contribution in [3.05, 3.63) is 0 Å². The summed E-state index contributed by atoms with van der Waals surface area (Å²) in [5.41, 5.74) is 0. The molecule has 0 aliphatic heterocycles. The fourth-order valence-corrected chi connectivity index (χ4v) is 2.17. The van der Waals surface area contributed by atoms with Gasteiger partial charge in [0.15, 0.2) is 0 Å². The van der Waals surface area contributed by atoms with Crippen molar-refractivity contribution in [3.8, 4) is 0 Å². The second-order valence-electron chi connectivity index (χ2n) is 3.98. The van der Waals surface area contributed by atoms with Gasteiger partial charge in [-0.1, -0.05) is 0 Å². The molecular formula is C10H18BNO2. The maximum Gasteiger partial charge on any atom is 0.222 e. The molecule has 0 aromatic rings. The van der Waals surface area contributed by atoms with E-state index in [0.717, 1.165) is 25.7 Å². The summed E-state index contributed by atoms with van der Waals surface area (Å²) in [6.45, 7) is 0. The molecule has 0 aromatic heterocycles. The van der Waals surface area contributed by atoms with Gasteiger partial charge in [0.1, 0.15) is 13.6 Å². The Hall–Kier alpha value is -0.795. The Bertz CT molecular complexity index is 198. The van der Waals surface area contributed by atoms with E-state index in [1.165, 1.54) is 0 Å². The van der Waals surface area contributed by atoms with Gasteiger partial charge in [-0.15, -0.1) is 0 Å². The molecule has 0 radical (unpaired) electrons. The summed E-state index contributed by atoms with van der Waals surface area (Å²) in [6.07, 6.45) is 4.16. The number of carbonyl (C=O) groups excluding carboxylic acids is 2. The number of nitrogens with one attached hydrogen (secondary N) is 1. The predicted octanol–water partition coefficient (Wildman–Crippen LogP) is 0.159. The van der Waals surface area contributed by atoms with Crippen molar-refractivity contribution in [2.45, 2.75) is 32.0 Å². The zero-order valence-electron chi connectivity index (χ0n) is 9.01. The molecule has 0 bridgehead atoms. The van der Waals surface area contributed by atoms with Gasteiger partial charge in [-0.2, -0.15) is 0 Å². The van der Waals surface area contributed by atoms with E-state index >= 15 is 0 Å². The number of ketones is 1. The number of rotatable bonds is 3. The SMILES string of the molecule is BCC(=O)C1CCC(C(=O)NC)CC1. The van der Waals surface area contributed by atoms with E-state index < -0.39 is 0 Å². The van der Waals surface area contributed by atoms with E-state index in [0.29, 0.717) is 12.1 Å². The predicted molar refractivity (Wildman–Crippen MR) is 57.9 cm³/mol. The Morgan fingerprint density at radius 1 is 1.21 bits per heavy atom. The lowest BCUT2D eigenvalue weighted by Crippen LogP contribution is -2.32. The molecule has 0 aromatic carbocycles. The van der Waals surface area contributed by atoms with E-state index in [1.54, 1.807) is 7.05 Å². The highest BCUT2D eigenvalue weighted by Crippen LogP contribution is 2.29. The van der Waals surface area contributed by atoms with Gasteiger partial charge in [0.25, 0.3) is 0 Å². The number of Topliss-reactive ketones (excluding diaryl/α,β-unsaturated/α-hetero) is 1. The molecule has 0 heterocycles. The Morgan fingerprint density at radius 3 is 2.14 bits per heavy atom. The normalized spacial score (nSPS) is 26.9. The van der Waals surface area contributed by atoms with Gasteiger partial charge >= 0.3 is 0 Å². The summed E-state index contributed by atoms with van der Waals surface area (Å²) in [6, 6.07) is 0. The molecule has 1 aliphatic carbocycles. The lowest BCUT2D eigenvalue weighted by molar-refractivity contribution is -0.128. The molecule has 0 saturated heterocycles. The molecule has 14 heavy (non-hydrogen) atoms. The first-order valence-electron chi connectivity index (χ1n) is 5.43. The molecule has 1 fully saturated rings. The highest BCUT2D eigenvalue weighted by atomic mass is 16.1. The van der Waals surface area contributed by atoms with Crippen molar-refractivity contribution in [2.75, 3.05) is 7.05 Å². The van der Waals surface area contributed by atoms with Crippen LogP contribution in [0.3, 0.4) is 0 Å². The summed E-state index contributed by atoms with van der Waals surface area (Å²) in [4.78, 5) is 22.7. The zero-order chi connectivity index (χ0) is 10.6. The van der Waals surface area contributed by atoms with Gasteiger partial charge in [0.2, 0.25) is 5.91 Å². The van der Waals surface area contributed by atoms with Crippen LogP contribution in [-0.2, 0) is 9.59 Å². The largest absolute Gasteiger partial charge is 0.359 e. The lowest BCUT2D eigenvalue weighted by atomic mass is 9.77. The molecule has 78 valence electrons. The topological polar surface area (TPSA) is 46.2 Å². The van der Waals surface area contributed by atoms with Gasteiger partial charge < -0.3 is 10.1 Å². The first-order valence-corrected chi connectivity index (χ1v) is 5.43. The molecule has 1 N–H and O–H groups in total. The molecular weight excluding hydrogens is 177 g/mol. The molecule has 1 rings (SSSR count). The summed E-state index contributed by atoms with van der Waals surface area (Å²) in [7, 11) is 3.58. The smallest absolute Gasteiger partial charge is 0.222 e. The van der Waals surface area contributed by atoms with E-state index in [2.05, 4.69) is 5.32 Å². The fourth-order valence-electron chi connectivity index (χ4n) is 2.17. The molecule has 1 aliphatic rings. The van der Waals surface area contributed by atoms with Crippen molar-refractivity contribution in [1.29, 1.82) is 0 Å². The van der Waals surface area contributed by atoms with E-state index in [-0.39, 0.29) is 17.7 Å². The first kappa shape index (κ1) is 11.3. The van der Waals surface area contributed by atoms with Crippen molar-refractivity contribution >= 4 is 19.5 Å². The van der Waals surface area contributed by atoms with E-state index in [4.69, 9.17) is 0 Å². The van der Waals surface area contributed by atoms with Gasteiger partial charge in [0, 0.05) is 18.9 Å². The van der Waals surface area contributed by atoms with Crippen molar-refractivity contribution in [1.82, 2.24) is 5.32 Å². The minimum atomic E-state index is 0.132. The minimum Gasteiger partial charge on any atom is -0.359 e. The highest BCUT2D eigenvalue weighted by molar-refractivity contribution is 6.20. The molecule has 3 nitrogen and oxygen atoms in total. The molecule has 1 saturated carbocycles. The quantitative estimate of drug-likeness (QED) is 0.652. The van der Waals surface area contributed by atoms with Crippen LogP contribution in [-0.4, -0.2) is 26.6 Å². The standard InChI is InChI=1S/C10H18BNO2/c1-12-10(14)8-4-2-7(3-5-8)9(13)6-11/h7-8H,2-6,11H2,1H3,(H,12,14). The number of hydrogen-bond acceptors (Lipinski definition) is 2. The average Bonchev–Trinajstić information content (AvgIpc) is 2.27. The third-order valence-electron chi connectivity index (χ3n) is 3.15. The Balaban J connectivity index is 2.38. The van der Waals surface area contributed by atoms with Crippen molar-refractivity contribution in [3.63, 3.8) is 0 Å². The van der Waals surface area contributed by atoms with Crippen LogP contribution < -0.4 is 5.32 Å². The molecule has 4 heteroatoms. The maximum atomic E-state index is 11.4. The Labute approximate surface area is 86.0 Å². The van der Waals surface area contributed by atoms with Crippen LogP contribution in [0.5, 0.6) is 0 Å². The van der Waals surface area contributed by atoms with Gasteiger partial charge in [-0.25, -0.2) is 0 Å². The Morgan fingerprint density at radius 2 is 1.71 bits per heavy atom. The van der Waals surface area contributed by atoms with Gasteiger partial charge in [-0.05, 0) is 32.0 Å². The first-order chi connectivity index (χ1) is 6.69. The summed E-state index contributed by atoms with van der Waals surface area (Å²) >= 11 is 0. The van der Waals surface area contributed by atoms with Crippen molar-refractivity contribution < 1.29 is 9.59 Å². The van der Waals surface area contributed by atoms with Crippen LogP contribution in [0.15, 0.2) is 0 Å². The summed E-state index contributed by atoms with van der Waals surface area (Å²) < 4.78 is 0. The number of hydrogen-bond donors (Lipinski definition) is 1. The van der Waals surface area contributed by atoms with E-state index in [1.807, 2.05) is 7.85 Å². The number of amides is 1. The average molecular weight is 195 g/mol. The lowest BCUT2D eigenvalue weighted by Gasteiger charge is -2.26. The third-order valence-corrected chi connectivity index (χ3v) is 3.15. The highest BCUT2D eigenvalue weighted by Gasteiger charge is 2.28. The number of carbonyl (C=O) groups is 2. The van der Waals surface area contributed by atoms with Crippen LogP contribution in [0.4, 0.5) is 0 Å². The molecule has 1 amide bonds. The second kappa shape index (κ2) is 5.18.